The topological polar surface area (TPSA) is 61.4 Å². The van der Waals surface area contributed by atoms with Crippen LogP contribution in [0, 0.1) is 5.92 Å². The monoisotopic (exact) mass is 315 g/mol. The van der Waals surface area contributed by atoms with Crippen LogP contribution in [-0.2, 0) is 22.7 Å². The summed E-state index contributed by atoms with van der Waals surface area (Å²) in [5.41, 5.74) is 2.24. The van der Waals surface area contributed by atoms with Crippen LogP contribution < -0.4 is 10.6 Å². The molecule has 0 aromatic heterocycles. The molecule has 2 aliphatic rings. The Balaban J connectivity index is 1.47. The summed E-state index contributed by atoms with van der Waals surface area (Å²) in [5, 5.41) is 6.29. The minimum absolute atomic E-state index is 0.101. The summed E-state index contributed by atoms with van der Waals surface area (Å²) in [7, 11) is 0. The minimum Gasteiger partial charge on any atom is -0.352 e. The summed E-state index contributed by atoms with van der Waals surface area (Å²) in [5.74, 6) is 0.496. The predicted molar refractivity (Wildman–Crippen MR) is 88.5 cm³/mol. The number of hydrogen-bond acceptors (Lipinski definition) is 3. The molecule has 23 heavy (non-hydrogen) atoms. The van der Waals surface area contributed by atoms with Gasteiger partial charge in [-0.25, -0.2) is 0 Å². The maximum atomic E-state index is 12.1. The average molecular weight is 315 g/mol. The second-order valence-electron chi connectivity index (χ2n) is 6.50. The largest absolute Gasteiger partial charge is 0.352 e. The smallest absolute Gasteiger partial charge is 0.224 e. The number of hydrogen-bond donors (Lipinski definition) is 2. The third kappa shape index (κ3) is 4.32. The van der Waals surface area contributed by atoms with Crippen molar-refractivity contribution in [3.8, 4) is 0 Å². The van der Waals surface area contributed by atoms with Gasteiger partial charge in [0.1, 0.15) is 0 Å². The third-order valence-electron chi connectivity index (χ3n) is 4.70. The van der Waals surface area contributed by atoms with E-state index in [1.54, 1.807) is 0 Å². The lowest BCUT2D eigenvalue weighted by Crippen LogP contribution is -2.40. The molecule has 2 aliphatic heterocycles. The highest BCUT2D eigenvalue weighted by Gasteiger charge is 2.21. The number of nitrogens with one attached hydrogen (secondary N) is 2. The van der Waals surface area contributed by atoms with Crippen LogP contribution in [0.15, 0.2) is 24.3 Å². The lowest BCUT2D eigenvalue weighted by molar-refractivity contribution is -0.128. The van der Waals surface area contributed by atoms with Gasteiger partial charge in [0.2, 0.25) is 11.8 Å². The molecule has 2 N–H and O–H groups in total. The van der Waals surface area contributed by atoms with E-state index in [1.807, 2.05) is 17.0 Å². The molecule has 1 atom stereocenters. The molecule has 2 saturated heterocycles. The van der Waals surface area contributed by atoms with E-state index < -0.39 is 0 Å². The van der Waals surface area contributed by atoms with Crippen LogP contribution >= 0.6 is 0 Å². The van der Waals surface area contributed by atoms with Gasteiger partial charge < -0.3 is 15.5 Å². The molecule has 1 aromatic rings. The van der Waals surface area contributed by atoms with Crippen molar-refractivity contribution < 1.29 is 9.59 Å². The van der Waals surface area contributed by atoms with Crippen LogP contribution in [0.2, 0.25) is 0 Å². The fourth-order valence-corrected chi connectivity index (χ4v) is 3.26. The minimum atomic E-state index is 0.101. The van der Waals surface area contributed by atoms with Crippen molar-refractivity contribution in [3.63, 3.8) is 0 Å². The number of carbonyl (C=O) groups excluding carboxylic acids is 2. The van der Waals surface area contributed by atoms with E-state index in [0.29, 0.717) is 19.5 Å². The van der Waals surface area contributed by atoms with Gasteiger partial charge in [-0.15, -0.1) is 0 Å². The number of likely N-dealkylation sites (tertiary alicyclic amines) is 1. The fraction of sp³-hybridized carbons (Fsp3) is 0.556. The fourth-order valence-electron chi connectivity index (χ4n) is 3.26. The number of nitrogens with zero attached hydrogens (tertiary/aromatic N) is 1. The van der Waals surface area contributed by atoms with Gasteiger partial charge in [0.25, 0.3) is 0 Å². The molecule has 0 spiro atoms. The summed E-state index contributed by atoms with van der Waals surface area (Å²) in [6.07, 6.45) is 3.70. The van der Waals surface area contributed by atoms with Crippen molar-refractivity contribution >= 4 is 11.8 Å². The highest BCUT2D eigenvalue weighted by molar-refractivity contribution is 5.79. The van der Waals surface area contributed by atoms with Gasteiger partial charge in [-0.05, 0) is 36.9 Å². The van der Waals surface area contributed by atoms with E-state index in [9.17, 15) is 9.59 Å². The van der Waals surface area contributed by atoms with Crippen molar-refractivity contribution in [2.45, 2.75) is 38.8 Å². The van der Waals surface area contributed by atoms with Gasteiger partial charge in [-0.3, -0.25) is 9.59 Å². The zero-order valence-electron chi connectivity index (χ0n) is 13.5. The van der Waals surface area contributed by atoms with Crippen LogP contribution in [0.1, 0.15) is 36.8 Å². The van der Waals surface area contributed by atoms with E-state index in [1.165, 1.54) is 0 Å². The highest BCUT2D eigenvalue weighted by Crippen LogP contribution is 2.15. The Hall–Kier alpha value is -1.88. The molecule has 2 heterocycles. The van der Waals surface area contributed by atoms with Crippen LogP contribution in [0.3, 0.4) is 0 Å². The third-order valence-corrected chi connectivity index (χ3v) is 4.70. The van der Waals surface area contributed by atoms with Crippen molar-refractivity contribution in [1.29, 1.82) is 0 Å². The molecule has 5 heteroatoms. The summed E-state index contributed by atoms with van der Waals surface area (Å²) in [4.78, 5) is 25.7. The van der Waals surface area contributed by atoms with E-state index in [0.717, 1.165) is 50.0 Å². The normalized spacial score (nSPS) is 21.5. The molecule has 1 aromatic carbocycles. The van der Waals surface area contributed by atoms with Crippen LogP contribution in [0.5, 0.6) is 0 Å². The number of amides is 2. The molecular formula is C18H25N3O2. The maximum absolute atomic E-state index is 12.1. The molecule has 2 fully saturated rings. The molecule has 3 rings (SSSR count). The van der Waals surface area contributed by atoms with E-state index in [-0.39, 0.29) is 17.7 Å². The predicted octanol–water partition coefficient (Wildman–Crippen LogP) is 1.42. The zero-order chi connectivity index (χ0) is 16.1. The number of piperidine rings is 1. The summed E-state index contributed by atoms with van der Waals surface area (Å²) >= 11 is 0. The maximum Gasteiger partial charge on any atom is 0.224 e. The second kappa shape index (κ2) is 7.59. The van der Waals surface area contributed by atoms with E-state index >= 15 is 0 Å². The summed E-state index contributed by atoms with van der Waals surface area (Å²) in [6.45, 7) is 3.93. The van der Waals surface area contributed by atoms with E-state index in [2.05, 4.69) is 22.8 Å². The molecule has 0 saturated carbocycles. The molecule has 1 unspecified atom stereocenters. The Morgan fingerprint density at radius 2 is 2.00 bits per heavy atom. The Bertz CT molecular complexity index is 550. The van der Waals surface area contributed by atoms with Crippen LogP contribution in [-0.4, -0.2) is 36.3 Å². The van der Waals surface area contributed by atoms with E-state index in [4.69, 9.17) is 0 Å². The zero-order valence-corrected chi connectivity index (χ0v) is 13.5. The first-order valence-corrected chi connectivity index (χ1v) is 8.56. The first-order chi connectivity index (χ1) is 11.2. The van der Waals surface area contributed by atoms with Crippen molar-refractivity contribution in [2.75, 3.05) is 19.6 Å². The molecule has 124 valence electrons. The first-order valence-electron chi connectivity index (χ1n) is 8.56. The number of benzene rings is 1. The lowest BCUT2D eigenvalue weighted by atomic mass is 9.99. The van der Waals surface area contributed by atoms with Gasteiger partial charge in [-0.2, -0.15) is 0 Å². The molecular weight excluding hydrogens is 290 g/mol. The SMILES string of the molecule is O=C(NCc1ccc(CN2CCCC2=O)cc1)C1CCCNC1. The van der Waals surface area contributed by atoms with Crippen LogP contribution in [0.25, 0.3) is 0 Å². The second-order valence-corrected chi connectivity index (χ2v) is 6.50. The average Bonchev–Trinajstić information content (AvgIpc) is 2.99. The molecule has 0 radical (unpaired) electrons. The van der Waals surface area contributed by atoms with Gasteiger partial charge in [-0.1, -0.05) is 24.3 Å². The highest BCUT2D eigenvalue weighted by atomic mass is 16.2. The van der Waals surface area contributed by atoms with Gasteiger partial charge >= 0.3 is 0 Å². The molecule has 5 nitrogen and oxygen atoms in total. The standard InChI is InChI=1S/C18H25N3O2/c22-17-4-2-10-21(17)13-15-7-5-14(6-8-15)11-20-18(23)16-3-1-9-19-12-16/h5-8,16,19H,1-4,9-13H2,(H,20,23). The summed E-state index contributed by atoms with van der Waals surface area (Å²) < 4.78 is 0. The lowest BCUT2D eigenvalue weighted by Gasteiger charge is -2.22. The Morgan fingerprint density at radius 3 is 2.65 bits per heavy atom. The van der Waals surface area contributed by atoms with Crippen molar-refractivity contribution in [1.82, 2.24) is 15.5 Å². The molecule has 0 aliphatic carbocycles. The number of rotatable bonds is 5. The molecule has 2 amide bonds. The van der Waals surface area contributed by atoms with Crippen molar-refractivity contribution in [3.05, 3.63) is 35.4 Å². The van der Waals surface area contributed by atoms with Gasteiger partial charge in [0, 0.05) is 32.6 Å². The molecule has 0 bridgehead atoms. The van der Waals surface area contributed by atoms with Crippen molar-refractivity contribution in [2.24, 2.45) is 5.92 Å². The number of carbonyl (C=O) groups is 2. The Labute approximate surface area is 137 Å². The van der Waals surface area contributed by atoms with Gasteiger partial charge in [0.15, 0.2) is 0 Å². The van der Waals surface area contributed by atoms with Gasteiger partial charge in [0.05, 0.1) is 5.92 Å². The first kappa shape index (κ1) is 16.0. The Kier molecular flexibility index (Phi) is 5.28. The Morgan fingerprint density at radius 1 is 1.22 bits per heavy atom. The summed E-state index contributed by atoms with van der Waals surface area (Å²) in [6, 6.07) is 8.18. The quantitative estimate of drug-likeness (QED) is 0.864. The van der Waals surface area contributed by atoms with Crippen LogP contribution in [0.4, 0.5) is 0 Å².